The fourth-order valence-corrected chi connectivity index (χ4v) is 5.00. The first kappa shape index (κ1) is 19.4. The number of rotatable bonds is 7. The Bertz CT molecular complexity index is 818. The predicted molar refractivity (Wildman–Crippen MR) is 104 cm³/mol. The largest absolute Gasteiger partial charge is 0.241 e. The smallest absolute Gasteiger partial charge is 0.207 e. The molecule has 4 heteroatoms. The van der Waals surface area contributed by atoms with E-state index in [0.29, 0.717) is 11.3 Å². The molecule has 0 aliphatic rings. The van der Waals surface area contributed by atoms with Crippen LogP contribution in [0.3, 0.4) is 0 Å². The molecule has 134 valence electrons. The molecule has 2 aromatic carbocycles. The summed E-state index contributed by atoms with van der Waals surface area (Å²) in [4.78, 5) is 0.382. The van der Waals surface area contributed by atoms with Crippen molar-refractivity contribution in [2.24, 2.45) is 5.92 Å². The summed E-state index contributed by atoms with van der Waals surface area (Å²) >= 11 is 0. The van der Waals surface area contributed by atoms with Crippen LogP contribution in [0.4, 0.5) is 0 Å². The van der Waals surface area contributed by atoms with Gasteiger partial charge < -0.3 is 0 Å². The monoisotopic (exact) mass is 357 g/mol. The number of sulfonamides is 1. The van der Waals surface area contributed by atoms with Crippen molar-refractivity contribution in [2.45, 2.75) is 45.1 Å². The summed E-state index contributed by atoms with van der Waals surface area (Å²) in [6.07, 6.45) is 2.42. The number of aryl methyl sites for hydroxylation is 3. The number of nitrogens with one attached hydrogen (secondary N) is 1. The van der Waals surface area contributed by atoms with Crippen molar-refractivity contribution in [3.63, 3.8) is 0 Å². The third kappa shape index (κ3) is 4.80. The van der Waals surface area contributed by atoms with Crippen LogP contribution in [0.2, 0.25) is 0 Å². The predicted octanol–water partition coefficient (Wildman–Crippen LogP) is 4.32. The lowest BCUT2D eigenvalue weighted by atomic mass is 9.96. The van der Waals surface area contributed by atoms with E-state index in [-0.39, 0.29) is 12.0 Å². The van der Waals surface area contributed by atoms with Gasteiger partial charge in [0, 0.05) is 6.04 Å². The quantitative estimate of drug-likeness (QED) is 0.750. The zero-order chi connectivity index (χ0) is 18.6. The Labute approximate surface area is 151 Å². The summed E-state index contributed by atoms with van der Waals surface area (Å²) < 4.78 is 29.0. The van der Waals surface area contributed by atoms with Gasteiger partial charge in [-0.1, -0.05) is 61.0 Å². The van der Waals surface area contributed by atoms with Crippen LogP contribution in [0.25, 0.3) is 0 Å². The first-order valence-electron chi connectivity index (χ1n) is 8.51. The molecule has 0 amide bonds. The van der Waals surface area contributed by atoms with Gasteiger partial charge in [0.05, 0.1) is 4.90 Å². The molecule has 0 radical (unpaired) electrons. The second-order valence-corrected chi connectivity index (χ2v) is 8.39. The Morgan fingerprint density at radius 1 is 1.08 bits per heavy atom. The van der Waals surface area contributed by atoms with Crippen LogP contribution in [0.5, 0.6) is 0 Å². The van der Waals surface area contributed by atoms with E-state index >= 15 is 0 Å². The van der Waals surface area contributed by atoms with Crippen LogP contribution in [0.1, 0.15) is 29.2 Å². The minimum atomic E-state index is -3.61. The van der Waals surface area contributed by atoms with E-state index in [1.807, 2.05) is 70.2 Å². The average molecular weight is 358 g/mol. The molecule has 0 aliphatic carbocycles. The van der Waals surface area contributed by atoms with Crippen molar-refractivity contribution in [2.75, 3.05) is 0 Å². The Balaban J connectivity index is 2.36. The van der Waals surface area contributed by atoms with Gasteiger partial charge in [-0.05, 0) is 49.8 Å². The highest BCUT2D eigenvalue weighted by molar-refractivity contribution is 7.89. The van der Waals surface area contributed by atoms with Crippen LogP contribution >= 0.6 is 0 Å². The van der Waals surface area contributed by atoms with Gasteiger partial charge in [0.1, 0.15) is 0 Å². The highest BCUT2D eigenvalue weighted by Gasteiger charge is 2.26. The topological polar surface area (TPSA) is 46.2 Å². The van der Waals surface area contributed by atoms with Gasteiger partial charge in [0.2, 0.25) is 10.0 Å². The molecule has 1 N–H and O–H groups in total. The Kier molecular flexibility index (Phi) is 6.20. The molecule has 0 bridgehead atoms. The maximum atomic E-state index is 13.1. The third-order valence-corrected chi connectivity index (χ3v) is 6.28. The number of hydrogen-bond donors (Lipinski definition) is 1. The third-order valence-electron chi connectivity index (χ3n) is 4.48. The highest BCUT2D eigenvalue weighted by atomic mass is 32.2. The van der Waals surface area contributed by atoms with Crippen LogP contribution in [-0.2, 0) is 16.4 Å². The summed E-state index contributed by atoms with van der Waals surface area (Å²) in [7, 11) is -3.61. The normalized spacial score (nSPS) is 14.1. The average Bonchev–Trinajstić information content (AvgIpc) is 2.52. The maximum Gasteiger partial charge on any atom is 0.241 e. The van der Waals surface area contributed by atoms with Gasteiger partial charge in [0.15, 0.2) is 0 Å². The lowest BCUT2D eigenvalue weighted by Crippen LogP contribution is -2.40. The summed E-state index contributed by atoms with van der Waals surface area (Å²) in [5.74, 6) is 0.0149. The molecule has 2 rings (SSSR count). The zero-order valence-corrected chi connectivity index (χ0v) is 16.2. The fourth-order valence-electron chi connectivity index (χ4n) is 3.22. The Morgan fingerprint density at radius 3 is 2.16 bits per heavy atom. The van der Waals surface area contributed by atoms with E-state index in [0.717, 1.165) is 22.3 Å². The van der Waals surface area contributed by atoms with E-state index in [1.165, 1.54) is 0 Å². The zero-order valence-electron chi connectivity index (χ0n) is 15.4. The van der Waals surface area contributed by atoms with E-state index in [1.54, 1.807) is 6.08 Å². The first-order valence-corrected chi connectivity index (χ1v) is 9.99. The van der Waals surface area contributed by atoms with Crippen molar-refractivity contribution in [1.82, 2.24) is 4.72 Å². The van der Waals surface area contributed by atoms with Gasteiger partial charge in [-0.15, -0.1) is 6.58 Å². The molecule has 0 spiro atoms. The van der Waals surface area contributed by atoms with Crippen LogP contribution < -0.4 is 4.72 Å². The number of hydrogen-bond acceptors (Lipinski definition) is 2. The highest BCUT2D eigenvalue weighted by Crippen LogP contribution is 2.23. The molecule has 0 saturated carbocycles. The lowest BCUT2D eigenvalue weighted by molar-refractivity contribution is 0.478. The molecule has 0 unspecified atom stereocenters. The van der Waals surface area contributed by atoms with Crippen LogP contribution in [0, 0.1) is 26.7 Å². The van der Waals surface area contributed by atoms with Crippen molar-refractivity contribution in [3.05, 3.63) is 77.4 Å². The molecule has 2 atom stereocenters. The molecule has 25 heavy (non-hydrogen) atoms. The van der Waals surface area contributed by atoms with Crippen LogP contribution in [0.15, 0.2) is 60.0 Å². The standard InChI is InChI=1S/C21H27NO2S/c1-6-16(3)20(14-19-10-8-7-9-11-19)22-25(23,24)21-17(4)12-15(2)13-18(21)5/h6-13,16,20,22H,1,14H2,2-5H3/t16-,20+/m1/s1. The Morgan fingerprint density at radius 2 is 1.64 bits per heavy atom. The summed E-state index contributed by atoms with van der Waals surface area (Å²) in [6.45, 7) is 11.5. The first-order chi connectivity index (χ1) is 11.7. The van der Waals surface area contributed by atoms with Crippen molar-refractivity contribution in [3.8, 4) is 0 Å². The van der Waals surface area contributed by atoms with E-state index in [2.05, 4.69) is 11.3 Å². The van der Waals surface area contributed by atoms with E-state index in [9.17, 15) is 8.42 Å². The summed E-state index contributed by atoms with van der Waals surface area (Å²) in [6, 6.07) is 13.5. The van der Waals surface area contributed by atoms with Gasteiger partial charge >= 0.3 is 0 Å². The van der Waals surface area contributed by atoms with Gasteiger partial charge in [-0.2, -0.15) is 0 Å². The molecular formula is C21H27NO2S. The van der Waals surface area contributed by atoms with Crippen LogP contribution in [-0.4, -0.2) is 14.5 Å². The Hall–Kier alpha value is -1.91. The van der Waals surface area contributed by atoms with E-state index < -0.39 is 10.0 Å². The van der Waals surface area contributed by atoms with Crippen molar-refractivity contribution in [1.29, 1.82) is 0 Å². The minimum Gasteiger partial charge on any atom is -0.207 e. The molecule has 3 nitrogen and oxygen atoms in total. The maximum absolute atomic E-state index is 13.1. The summed E-state index contributed by atoms with van der Waals surface area (Å²) in [5.41, 5.74) is 3.71. The summed E-state index contributed by atoms with van der Waals surface area (Å²) in [5, 5.41) is 0. The second kappa shape index (κ2) is 7.98. The van der Waals surface area contributed by atoms with Gasteiger partial charge in [0.25, 0.3) is 0 Å². The molecule has 0 fully saturated rings. The minimum absolute atomic E-state index is 0.0149. The molecule has 2 aromatic rings. The molecule has 0 saturated heterocycles. The fraction of sp³-hybridized carbons (Fsp3) is 0.333. The lowest BCUT2D eigenvalue weighted by Gasteiger charge is -2.24. The molecule has 0 aromatic heterocycles. The van der Waals surface area contributed by atoms with Gasteiger partial charge in [-0.3, -0.25) is 0 Å². The van der Waals surface area contributed by atoms with E-state index in [4.69, 9.17) is 0 Å². The van der Waals surface area contributed by atoms with Crippen molar-refractivity contribution >= 4 is 10.0 Å². The van der Waals surface area contributed by atoms with Crippen molar-refractivity contribution < 1.29 is 8.42 Å². The SMILES string of the molecule is C=C[C@@H](C)[C@H](Cc1ccccc1)NS(=O)(=O)c1c(C)cc(C)cc1C. The van der Waals surface area contributed by atoms with Gasteiger partial charge in [-0.25, -0.2) is 13.1 Å². The molecule has 0 heterocycles. The number of benzene rings is 2. The molecular weight excluding hydrogens is 330 g/mol. The molecule has 0 aliphatic heterocycles. The second-order valence-electron chi connectivity index (χ2n) is 6.74.